The maximum absolute atomic E-state index is 12.1. The van der Waals surface area contributed by atoms with Crippen molar-refractivity contribution >= 4 is 22.7 Å². The average Bonchev–Trinajstić information content (AvgIpc) is 2.49. The zero-order valence-electron chi connectivity index (χ0n) is 6.93. The van der Waals surface area contributed by atoms with E-state index in [1.807, 2.05) is 0 Å². The van der Waals surface area contributed by atoms with E-state index in [1.54, 1.807) is 24.4 Å². The van der Waals surface area contributed by atoms with Gasteiger partial charge in [0.15, 0.2) is 0 Å². The lowest BCUT2D eigenvalue weighted by Crippen LogP contribution is -1.98. The minimum atomic E-state index is -4.23. The van der Waals surface area contributed by atoms with Crippen LogP contribution in [0.15, 0.2) is 35.4 Å². The molecular weight excluding hydrogens is 211 g/mol. The second kappa shape index (κ2) is 3.24. The van der Waals surface area contributed by atoms with Crippen LogP contribution in [0.1, 0.15) is 0 Å². The van der Waals surface area contributed by atoms with E-state index in [2.05, 4.69) is 4.98 Å². The number of halogens is 3. The third kappa shape index (κ3) is 1.87. The average molecular weight is 217 g/mol. The van der Waals surface area contributed by atoms with Gasteiger partial charge in [-0.15, -0.1) is 0 Å². The zero-order valence-corrected chi connectivity index (χ0v) is 7.75. The molecule has 0 aliphatic rings. The molecule has 0 radical (unpaired) electrons. The Morgan fingerprint density at radius 2 is 1.93 bits per heavy atom. The molecular formula is C9H6F3NS. The molecule has 0 bridgehead atoms. The standard InChI is InChI=1S/C9H6F3NS/c10-9(11,12)14-8-3-1-2-7-6(8)4-5-13-7/h1-5,13H. The number of fused-ring (bicyclic) bond motifs is 1. The van der Waals surface area contributed by atoms with E-state index in [4.69, 9.17) is 0 Å². The van der Waals surface area contributed by atoms with Crippen LogP contribution in [-0.2, 0) is 0 Å². The van der Waals surface area contributed by atoms with Crippen molar-refractivity contribution in [3.8, 4) is 0 Å². The molecule has 0 unspecified atom stereocenters. The summed E-state index contributed by atoms with van der Waals surface area (Å²) in [6, 6.07) is 6.46. The number of nitrogens with one attached hydrogen (secondary N) is 1. The topological polar surface area (TPSA) is 15.8 Å². The monoisotopic (exact) mass is 217 g/mol. The first kappa shape index (κ1) is 9.45. The van der Waals surface area contributed by atoms with E-state index >= 15 is 0 Å². The van der Waals surface area contributed by atoms with Crippen LogP contribution in [0.3, 0.4) is 0 Å². The first-order valence-corrected chi connectivity index (χ1v) is 4.70. The molecule has 2 rings (SSSR count). The summed E-state index contributed by atoms with van der Waals surface area (Å²) in [4.78, 5) is 3.10. The highest BCUT2D eigenvalue weighted by molar-refractivity contribution is 8.00. The second-order valence-electron chi connectivity index (χ2n) is 2.74. The SMILES string of the molecule is FC(F)(F)Sc1cccc2[nH]ccc12. The van der Waals surface area contributed by atoms with Gasteiger partial charge in [0.05, 0.1) is 0 Å². The van der Waals surface area contributed by atoms with E-state index in [0.717, 1.165) is 5.52 Å². The molecule has 14 heavy (non-hydrogen) atoms. The molecule has 1 heterocycles. The molecule has 1 aromatic heterocycles. The molecule has 5 heteroatoms. The van der Waals surface area contributed by atoms with Crippen LogP contribution in [0.4, 0.5) is 13.2 Å². The molecule has 74 valence electrons. The highest BCUT2D eigenvalue weighted by Crippen LogP contribution is 2.39. The van der Waals surface area contributed by atoms with Gasteiger partial charge in [0.2, 0.25) is 0 Å². The van der Waals surface area contributed by atoms with Gasteiger partial charge in [0.25, 0.3) is 0 Å². The van der Waals surface area contributed by atoms with Crippen LogP contribution < -0.4 is 0 Å². The summed E-state index contributed by atoms with van der Waals surface area (Å²) < 4.78 is 36.4. The number of thioether (sulfide) groups is 1. The number of hydrogen-bond donors (Lipinski definition) is 1. The lowest BCUT2D eigenvalue weighted by atomic mass is 10.2. The Balaban J connectivity index is 2.46. The van der Waals surface area contributed by atoms with Crippen LogP contribution in [0.5, 0.6) is 0 Å². The molecule has 0 fully saturated rings. The molecule has 1 N–H and O–H groups in total. The third-order valence-corrected chi connectivity index (χ3v) is 2.59. The molecule has 1 nitrogen and oxygen atoms in total. The van der Waals surface area contributed by atoms with Crippen molar-refractivity contribution in [2.24, 2.45) is 0 Å². The fourth-order valence-electron chi connectivity index (χ4n) is 1.27. The maximum atomic E-state index is 12.1. The van der Waals surface area contributed by atoms with Crippen molar-refractivity contribution in [1.82, 2.24) is 4.98 Å². The Hall–Kier alpha value is -1.10. The smallest absolute Gasteiger partial charge is 0.361 e. The van der Waals surface area contributed by atoms with Crippen molar-refractivity contribution in [3.63, 3.8) is 0 Å². The summed E-state index contributed by atoms with van der Waals surface area (Å²) in [5.41, 5.74) is -3.51. The molecule has 1 aromatic carbocycles. The Bertz CT molecular complexity index is 446. The summed E-state index contributed by atoms with van der Waals surface area (Å²) in [7, 11) is 0. The fraction of sp³-hybridized carbons (Fsp3) is 0.111. The largest absolute Gasteiger partial charge is 0.446 e. The lowest BCUT2D eigenvalue weighted by Gasteiger charge is -2.05. The molecule has 0 aliphatic carbocycles. The van der Waals surface area contributed by atoms with Crippen molar-refractivity contribution in [2.75, 3.05) is 0 Å². The normalized spacial score (nSPS) is 12.2. The number of aromatic amines is 1. The van der Waals surface area contributed by atoms with E-state index in [9.17, 15) is 13.2 Å². The van der Waals surface area contributed by atoms with E-state index in [0.29, 0.717) is 5.39 Å². The van der Waals surface area contributed by atoms with E-state index in [-0.39, 0.29) is 16.7 Å². The highest BCUT2D eigenvalue weighted by atomic mass is 32.2. The van der Waals surface area contributed by atoms with Gasteiger partial charge in [-0.3, -0.25) is 0 Å². The van der Waals surface area contributed by atoms with Crippen molar-refractivity contribution in [3.05, 3.63) is 30.5 Å². The summed E-state index contributed by atoms with van der Waals surface area (Å²) in [6.07, 6.45) is 1.63. The number of H-pyrrole nitrogens is 1. The minimum absolute atomic E-state index is 0.0851. The number of benzene rings is 1. The van der Waals surface area contributed by atoms with Crippen molar-refractivity contribution in [2.45, 2.75) is 10.4 Å². The van der Waals surface area contributed by atoms with Gasteiger partial charge in [-0.2, -0.15) is 13.2 Å². The summed E-state index contributed by atoms with van der Waals surface area (Å²) in [5.74, 6) is 0. The Labute approximate surface area is 82.3 Å². The van der Waals surface area contributed by atoms with Gasteiger partial charge in [-0.05, 0) is 30.0 Å². The Kier molecular flexibility index (Phi) is 2.19. The molecule has 0 saturated heterocycles. The minimum Gasteiger partial charge on any atom is -0.361 e. The fourth-order valence-corrected chi connectivity index (χ4v) is 1.95. The van der Waals surface area contributed by atoms with E-state index in [1.165, 1.54) is 6.07 Å². The lowest BCUT2D eigenvalue weighted by molar-refractivity contribution is -0.0327. The maximum Gasteiger partial charge on any atom is 0.446 e. The van der Waals surface area contributed by atoms with Crippen LogP contribution in [0, 0.1) is 0 Å². The molecule has 0 saturated carbocycles. The molecule has 0 aliphatic heterocycles. The molecule has 2 aromatic rings. The van der Waals surface area contributed by atoms with Crippen LogP contribution in [0.2, 0.25) is 0 Å². The number of aromatic nitrogens is 1. The predicted octanol–water partition coefficient (Wildman–Crippen LogP) is 3.78. The Morgan fingerprint density at radius 1 is 1.14 bits per heavy atom. The van der Waals surface area contributed by atoms with E-state index < -0.39 is 5.51 Å². The van der Waals surface area contributed by atoms with Crippen LogP contribution in [0.25, 0.3) is 10.9 Å². The van der Waals surface area contributed by atoms with Crippen LogP contribution in [-0.4, -0.2) is 10.5 Å². The Morgan fingerprint density at radius 3 is 2.64 bits per heavy atom. The number of rotatable bonds is 1. The van der Waals surface area contributed by atoms with Crippen LogP contribution >= 0.6 is 11.8 Å². The molecule has 0 amide bonds. The second-order valence-corrected chi connectivity index (χ2v) is 3.85. The zero-order chi connectivity index (χ0) is 10.2. The number of alkyl halides is 3. The summed E-state index contributed by atoms with van der Waals surface area (Å²) in [6.45, 7) is 0. The van der Waals surface area contributed by atoms with Gasteiger partial charge in [-0.25, -0.2) is 0 Å². The van der Waals surface area contributed by atoms with Gasteiger partial charge in [0, 0.05) is 22.0 Å². The first-order valence-electron chi connectivity index (χ1n) is 3.88. The van der Waals surface area contributed by atoms with Crippen molar-refractivity contribution in [1.29, 1.82) is 0 Å². The van der Waals surface area contributed by atoms with Gasteiger partial charge in [0.1, 0.15) is 0 Å². The predicted molar refractivity (Wildman–Crippen MR) is 50.2 cm³/mol. The quantitative estimate of drug-likeness (QED) is 0.719. The van der Waals surface area contributed by atoms with Gasteiger partial charge >= 0.3 is 5.51 Å². The third-order valence-electron chi connectivity index (χ3n) is 1.78. The highest BCUT2D eigenvalue weighted by Gasteiger charge is 2.29. The van der Waals surface area contributed by atoms with Gasteiger partial charge in [-0.1, -0.05) is 6.07 Å². The molecule has 0 spiro atoms. The first-order chi connectivity index (χ1) is 6.56. The summed E-state index contributed by atoms with van der Waals surface area (Å²) >= 11 is -0.0851. The summed E-state index contributed by atoms with van der Waals surface area (Å²) in [5, 5.41) is 0.606. The molecule has 0 atom stereocenters. The van der Waals surface area contributed by atoms with Crippen molar-refractivity contribution < 1.29 is 13.2 Å². The van der Waals surface area contributed by atoms with Gasteiger partial charge < -0.3 is 4.98 Å². The number of hydrogen-bond acceptors (Lipinski definition) is 1.